The molecule has 0 amide bonds. The maximum Gasteiger partial charge on any atom is 0.361 e. The number of ether oxygens (including phenoxy) is 1. The number of anilines is 1. The fourth-order valence-electron chi connectivity index (χ4n) is 4.76. The van der Waals surface area contributed by atoms with Gasteiger partial charge in [-0.3, -0.25) is 0 Å². The zero-order valence-corrected chi connectivity index (χ0v) is 27.1. The number of esters is 1. The Morgan fingerprint density at radius 1 is 0.804 bits per heavy atom. The highest BCUT2D eigenvalue weighted by atomic mass is 32.2. The van der Waals surface area contributed by atoms with Crippen LogP contribution in [0.25, 0.3) is 0 Å². The molecule has 0 radical (unpaired) electrons. The van der Waals surface area contributed by atoms with Crippen LogP contribution in [0.4, 0.5) is 5.13 Å². The highest BCUT2D eigenvalue weighted by Crippen LogP contribution is 2.40. The van der Waals surface area contributed by atoms with E-state index < -0.39 is 34.2 Å². The summed E-state index contributed by atoms with van der Waals surface area (Å²) in [6.45, 7) is 5.22. The molecule has 2 N–H and O–H groups in total. The number of carbonyl (C=O) groups excluding carboxylic acids is 1. The number of hydrogen-bond donors (Lipinski definition) is 2. The second kappa shape index (κ2) is 14.4. The van der Waals surface area contributed by atoms with Gasteiger partial charge >= 0.3 is 11.9 Å². The Kier molecular flexibility index (Phi) is 10.2. The first-order valence-corrected chi connectivity index (χ1v) is 16.2. The van der Waals surface area contributed by atoms with Crippen LogP contribution in [0.1, 0.15) is 43.2 Å². The van der Waals surface area contributed by atoms with Gasteiger partial charge in [0.05, 0.1) is 0 Å². The average Bonchev–Trinajstić information content (AvgIpc) is 3.52. The number of aliphatic carboxylic acids is 1. The van der Waals surface area contributed by atoms with Crippen LogP contribution in [0, 0.1) is 0 Å². The number of carboxylic acids is 1. The molecule has 1 heterocycles. The fraction of sp³-hybridized carbons (Fsp3) is 0.167. The Morgan fingerprint density at radius 2 is 1.28 bits per heavy atom. The van der Waals surface area contributed by atoms with Crippen LogP contribution < -0.4 is 5.32 Å². The molecule has 0 aliphatic rings. The second-order valence-corrected chi connectivity index (χ2v) is 13.2. The summed E-state index contributed by atoms with van der Waals surface area (Å²) in [5.74, 6) is -2.04. The van der Waals surface area contributed by atoms with Crippen molar-refractivity contribution in [3.8, 4) is 0 Å². The smallest absolute Gasteiger partial charge is 0.361 e. The van der Waals surface area contributed by atoms with E-state index in [9.17, 15) is 14.7 Å². The van der Waals surface area contributed by atoms with Gasteiger partial charge in [0, 0.05) is 10.3 Å². The van der Waals surface area contributed by atoms with E-state index in [1.165, 1.54) is 11.3 Å². The lowest BCUT2D eigenvalue weighted by molar-refractivity contribution is -0.162. The van der Waals surface area contributed by atoms with Crippen molar-refractivity contribution in [3.05, 3.63) is 149 Å². The molecular formula is C36H33N3O5S2. The summed E-state index contributed by atoms with van der Waals surface area (Å²) in [5.41, 5.74) is -0.355. The third-order valence-corrected chi connectivity index (χ3v) is 8.48. The highest BCUT2D eigenvalue weighted by Gasteiger charge is 2.37. The maximum atomic E-state index is 13.0. The number of benzene rings is 4. The van der Waals surface area contributed by atoms with E-state index >= 15 is 0 Å². The van der Waals surface area contributed by atoms with Gasteiger partial charge in [0.15, 0.2) is 5.13 Å². The first-order chi connectivity index (χ1) is 22.2. The number of nitrogens with one attached hydrogen (secondary N) is 1. The minimum atomic E-state index is -1.36. The highest BCUT2D eigenvalue weighted by molar-refractivity contribution is 8.00. The van der Waals surface area contributed by atoms with Crippen molar-refractivity contribution in [1.29, 1.82) is 0 Å². The summed E-state index contributed by atoms with van der Waals surface area (Å²) in [6, 6.07) is 39.1. The van der Waals surface area contributed by atoms with Gasteiger partial charge < -0.3 is 20.0 Å². The van der Waals surface area contributed by atoms with Crippen molar-refractivity contribution in [2.24, 2.45) is 5.16 Å². The van der Waals surface area contributed by atoms with Gasteiger partial charge in [0.1, 0.15) is 16.8 Å². The maximum absolute atomic E-state index is 13.0. The van der Waals surface area contributed by atoms with Gasteiger partial charge in [0.2, 0.25) is 5.71 Å². The van der Waals surface area contributed by atoms with Crippen LogP contribution in [0.3, 0.4) is 0 Å². The van der Waals surface area contributed by atoms with Crippen molar-refractivity contribution in [2.45, 2.75) is 42.2 Å². The number of carbonyl (C=O) groups is 2. The lowest BCUT2D eigenvalue weighted by Crippen LogP contribution is -2.38. The molecule has 0 fully saturated rings. The Balaban J connectivity index is 1.51. The zero-order chi connectivity index (χ0) is 32.6. The van der Waals surface area contributed by atoms with E-state index in [0.717, 1.165) is 33.3 Å². The number of nitrogens with zero attached hydrogens (tertiary/aromatic N) is 2. The number of thiazole rings is 1. The number of rotatable bonds is 12. The topological polar surface area (TPSA) is 110 Å². The van der Waals surface area contributed by atoms with Gasteiger partial charge in [-0.2, -0.15) is 0 Å². The Hall–Kier alpha value is -4.93. The molecule has 46 heavy (non-hydrogen) atoms. The molecule has 1 unspecified atom stereocenters. The number of aromatic nitrogens is 1. The van der Waals surface area contributed by atoms with Gasteiger partial charge in [-0.1, -0.05) is 126 Å². The van der Waals surface area contributed by atoms with E-state index in [0.29, 0.717) is 5.13 Å². The molecular weight excluding hydrogens is 619 g/mol. The molecule has 8 nitrogen and oxygen atoms in total. The fourth-order valence-corrected chi connectivity index (χ4v) is 6.30. The van der Waals surface area contributed by atoms with E-state index in [4.69, 9.17) is 9.57 Å². The van der Waals surface area contributed by atoms with Crippen molar-refractivity contribution < 1.29 is 24.3 Å². The molecule has 234 valence electrons. The van der Waals surface area contributed by atoms with Gasteiger partial charge in [-0.05, 0) is 49.6 Å². The summed E-state index contributed by atoms with van der Waals surface area (Å²) in [4.78, 5) is 36.4. The summed E-state index contributed by atoms with van der Waals surface area (Å²) in [5, 5.41) is 19.8. The van der Waals surface area contributed by atoms with Crippen molar-refractivity contribution in [1.82, 2.24) is 4.98 Å². The SMILES string of the molecule is CC(C)(C)OC(=O)C(ON=C(C(=O)O)c1csc(NC(c2ccccc2)(c2ccccc2)c2ccccc2)n1)Sc1ccccc1. The Bertz CT molecular complexity index is 1680. The van der Waals surface area contributed by atoms with Crippen molar-refractivity contribution in [2.75, 3.05) is 5.32 Å². The van der Waals surface area contributed by atoms with Crippen LogP contribution in [0.2, 0.25) is 0 Å². The van der Waals surface area contributed by atoms with E-state index in [1.54, 1.807) is 26.2 Å². The summed E-state index contributed by atoms with van der Waals surface area (Å²) >= 11 is 2.30. The molecule has 0 saturated heterocycles. The van der Waals surface area contributed by atoms with E-state index in [2.05, 4.69) is 15.5 Å². The number of hydrogen-bond acceptors (Lipinski definition) is 9. The van der Waals surface area contributed by atoms with E-state index in [-0.39, 0.29) is 5.69 Å². The minimum absolute atomic E-state index is 0.0794. The molecule has 0 saturated carbocycles. The van der Waals surface area contributed by atoms with Gasteiger partial charge in [-0.25, -0.2) is 14.6 Å². The van der Waals surface area contributed by atoms with Crippen LogP contribution >= 0.6 is 23.1 Å². The lowest BCUT2D eigenvalue weighted by Gasteiger charge is -2.36. The van der Waals surface area contributed by atoms with Gasteiger partial charge in [-0.15, -0.1) is 11.3 Å². The van der Waals surface area contributed by atoms with Crippen molar-refractivity contribution >= 4 is 45.9 Å². The van der Waals surface area contributed by atoms with E-state index in [1.807, 2.05) is 121 Å². The van der Waals surface area contributed by atoms with Gasteiger partial charge in [0.25, 0.3) is 5.44 Å². The first-order valence-electron chi connectivity index (χ1n) is 14.5. The second-order valence-electron chi connectivity index (χ2n) is 11.2. The van der Waals surface area contributed by atoms with Crippen molar-refractivity contribution in [3.63, 3.8) is 0 Å². The minimum Gasteiger partial charge on any atom is -0.476 e. The molecule has 0 spiro atoms. The third kappa shape index (κ3) is 7.82. The monoisotopic (exact) mass is 651 g/mol. The number of thioether (sulfide) groups is 1. The first kappa shape index (κ1) is 32.5. The molecule has 1 aromatic heterocycles. The summed E-state index contributed by atoms with van der Waals surface area (Å²) in [6.07, 6.45) is 0. The molecule has 5 aromatic rings. The number of oxime groups is 1. The Labute approximate surface area is 276 Å². The molecule has 1 atom stereocenters. The third-order valence-electron chi connectivity index (χ3n) is 6.69. The van der Waals surface area contributed by atoms with Crippen LogP contribution in [0.5, 0.6) is 0 Å². The largest absolute Gasteiger partial charge is 0.476 e. The predicted molar refractivity (Wildman–Crippen MR) is 182 cm³/mol. The normalized spacial score (nSPS) is 12.6. The predicted octanol–water partition coefficient (Wildman–Crippen LogP) is 7.81. The summed E-state index contributed by atoms with van der Waals surface area (Å²) in [7, 11) is 0. The van der Waals surface area contributed by atoms with Crippen LogP contribution in [0.15, 0.2) is 137 Å². The molecule has 5 rings (SSSR count). The van der Waals surface area contributed by atoms with Crippen LogP contribution in [-0.2, 0) is 24.7 Å². The molecule has 0 aliphatic heterocycles. The van der Waals surface area contributed by atoms with Crippen LogP contribution in [-0.4, -0.2) is 38.8 Å². The zero-order valence-electron chi connectivity index (χ0n) is 25.5. The summed E-state index contributed by atoms with van der Waals surface area (Å²) < 4.78 is 5.53. The molecule has 4 aromatic carbocycles. The standard InChI is InChI=1S/C36H33N3O5S2/c1-35(2,3)43-32(42)33(46-28-22-14-7-15-23-28)44-39-30(31(40)41)29-24-45-34(37-29)38-36(25-16-8-4-9-17-25,26-18-10-5-11-19-26)27-20-12-6-13-21-27/h4-24,33H,1-3H3,(H,37,38)(H,40,41). The number of carboxylic acid groups (broad SMARTS) is 1. The molecule has 0 bridgehead atoms. The Morgan fingerprint density at radius 3 is 1.74 bits per heavy atom. The quantitative estimate of drug-likeness (QED) is 0.0351. The molecule has 10 heteroatoms. The lowest BCUT2D eigenvalue weighted by atomic mass is 9.77. The molecule has 0 aliphatic carbocycles. The average molecular weight is 652 g/mol.